The first-order valence-corrected chi connectivity index (χ1v) is 12.2. The van der Waals surface area contributed by atoms with Crippen LogP contribution in [0.3, 0.4) is 0 Å². The lowest BCUT2D eigenvalue weighted by molar-refractivity contribution is -0.119. The third-order valence-electron chi connectivity index (χ3n) is 5.86. The summed E-state index contributed by atoms with van der Waals surface area (Å²) in [7, 11) is 0. The number of carbonyl (C=O) groups is 3. The van der Waals surface area contributed by atoms with E-state index in [1.165, 1.54) is 17.8 Å². The number of anilines is 1. The lowest BCUT2D eigenvalue weighted by Gasteiger charge is -2.17. The Morgan fingerprint density at radius 3 is 2.42 bits per heavy atom. The molecule has 0 aliphatic heterocycles. The first kappa shape index (κ1) is 25.0. The molecule has 9 heteroatoms. The van der Waals surface area contributed by atoms with Gasteiger partial charge < -0.3 is 10.1 Å². The number of hydrogen-bond acceptors (Lipinski definition) is 7. The van der Waals surface area contributed by atoms with Crippen LogP contribution in [-0.2, 0) is 16.1 Å². The van der Waals surface area contributed by atoms with Gasteiger partial charge in [0.2, 0.25) is 5.91 Å². The molecule has 2 aromatic carbocycles. The summed E-state index contributed by atoms with van der Waals surface area (Å²) in [6.45, 7) is 5.07. The van der Waals surface area contributed by atoms with Crippen molar-refractivity contribution in [3.63, 3.8) is 0 Å². The maximum absolute atomic E-state index is 13.4. The van der Waals surface area contributed by atoms with Gasteiger partial charge in [0, 0.05) is 11.3 Å². The molecule has 4 rings (SSSR count). The van der Waals surface area contributed by atoms with E-state index in [-0.39, 0.29) is 18.3 Å². The van der Waals surface area contributed by atoms with Gasteiger partial charge in [-0.2, -0.15) is 0 Å². The second kappa shape index (κ2) is 10.7. The lowest BCUT2D eigenvalue weighted by atomic mass is 10.1. The Morgan fingerprint density at radius 2 is 1.78 bits per heavy atom. The number of rotatable bonds is 8. The van der Waals surface area contributed by atoms with Gasteiger partial charge in [0.15, 0.2) is 5.78 Å². The Labute approximate surface area is 211 Å². The molecule has 4 aromatic rings. The molecule has 8 nitrogen and oxygen atoms in total. The van der Waals surface area contributed by atoms with Gasteiger partial charge in [0.1, 0.15) is 22.4 Å². The van der Waals surface area contributed by atoms with Crippen molar-refractivity contribution in [1.29, 1.82) is 0 Å². The third-order valence-corrected chi connectivity index (χ3v) is 7.04. The summed E-state index contributed by atoms with van der Waals surface area (Å²) in [5.74, 6) is -0.976. The van der Waals surface area contributed by atoms with E-state index in [0.717, 1.165) is 16.9 Å². The number of carbonyl (C=O) groups excluding carboxylic acids is 3. The molecule has 1 atom stereocenters. The standard InChI is InChI=1S/C27H25N3O5S/c1-4-21(24(32)29-20-12-10-19(11-13-20)17(3)31)30-15-28-25-22(26(30)33)16(2)23(36-25)27(34)35-14-18-8-6-5-7-9-18/h5-13,15,21H,4,14H2,1-3H3,(H,29,32). The molecule has 0 saturated heterocycles. The fourth-order valence-corrected chi connectivity index (χ4v) is 4.90. The Balaban J connectivity index is 1.58. The largest absolute Gasteiger partial charge is 0.457 e. The van der Waals surface area contributed by atoms with Crippen LogP contribution in [0.15, 0.2) is 65.7 Å². The van der Waals surface area contributed by atoms with E-state index in [9.17, 15) is 19.2 Å². The molecule has 0 spiro atoms. The van der Waals surface area contributed by atoms with Crippen LogP contribution in [0.2, 0.25) is 0 Å². The van der Waals surface area contributed by atoms with Crippen LogP contribution in [0.1, 0.15) is 57.5 Å². The molecule has 2 heterocycles. The van der Waals surface area contributed by atoms with E-state index >= 15 is 0 Å². The number of amides is 1. The highest BCUT2D eigenvalue weighted by molar-refractivity contribution is 7.20. The van der Waals surface area contributed by atoms with Crippen molar-refractivity contribution in [2.24, 2.45) is 0 Å². The summed E-state index contributed by atoms with van der Waals surface area (Å²) in [6, 6.07) is 15.1. The molecule has 2 aromatic heterocycles. The zero-order chi connectivity index (χ0) is 25.8. The fourth-order valence-electron chi connectivity index (χ4n) is 3.86. The van der Waals surface area contributed by atoms with Crippen LogP contribution in [0.25, 0.3) is 10.2 Å². The fraction of sp³-hybridized carbons (Fsp3) is 0.222. The van der Waals surface area contributed by atoms with Crippen molar-refractivity contribution < 1.29 is 19.1 Å². The predicted octanol–water partition coefficient (Wildman–Crippen LogP) is 4.92. The SMILES string of the molecule is CCC(C(=O)Nc1ccc(C(C)=O)cc1)n1cnc2sc(C(=O)OCc3ccccc3)c(C)c2c1=O. The maximum Gasteiger partial charge on any atom is 0.349 e. The maximum atomic E-state index is 13.4. The van der Waals surface area contributed by atoms with E-state index in [1.807, 2.05) is 30.3 Å². The van der Waals surface area contributed by atoms with Crippen molar-refractivity contribution in [3.05, 3.63) is 92.8 Å². The summed E-state index contributed by atoms with van der Waals surface area (Å²) >= 11 is 1.10. The molecule has 0 bridgehead atoms. The second-order valence-corrected chi connectivity index (χ2v) is 9.30. The summed E-state index contributed by atoms with van der Waals surface area (Å²) in [5, 5.41) is 3.09. The van der Waals surface area contributed by atoms with Gasteiger partial charge in [0.05, 0.1) is 11.7 Å². The number of nitrogens with one attached hydrogen (secondary N) is 1. The smallest absolute Gasteiger partial charge is 0.349 e. The van der Waals surface area contributed by atoms with Gasteiger partial charge in [-0.25, -0.2) is 9.78 Å². The number of Topliss-reactive ketones (excluding diaryl/α,β-unsaturated/α-hetero) is 1. The minimum Gasteiger partial charge on any atom is -0.457 e. The van der Waals surface area contributed by atoms with Crippen LogP contribution >= 0.6 is 11.3 Å². The molecule has 0 fully saturated rings. The number of aryl methyl sites for hydroxylation is 1. The Morgan fingerprint density at radius 1 is 1.08 bits per heavy atom. The highest BCUT2D eigenvalue weighted by Gasteiger charge is 2.25. The molecule has 36 heavy (non-hydrogen) atoms. The van der Waals surface area contributed by atoms with Crippen LogP contribution < -0.4 is 10.9 Å². The van der Waals surface area contributed by atoms with Gasteiger partial charge in [0.25, 0.3) is 5.56 Å². The van der Waals surface area contributed by atoms with Crippen LogP contribution in [0.5, 0.6) is 0 Å². The first-order valence-electron chi connectivity index (χ1n) is 11.4. The quantitative estimate of drug-likeness (QED) is 0.270. The van der Waals surface area contributed by atoms with Gasteiger partial charge >= 0.3 is 5.97 Å². The van der Waals surface area contributed by atoms with Gasteiger partial charge in [-0.05, 0) is 55.7 Å². The monoisotopic (exact) mass is 503 g/mol. The molecular formula is C27H25N3O5S. The molecule has 0 aliphatic rings. The average molecular weight is 504 g/mol. The number of ketones is 1. The Kier molecular flexibility index (Phi) is 7.40. The number of esters is 1. The topological polar surface area (TPSA) is 107 Å². The zero-order valence-corrected chi connectivity index (χ0v) is 20.9. The van der Waals surface area contributed by atoms with E-state index < -0.39 is 17.6 Å². The molecule has 0 saturated carbocycles. The molecule has 1 N–H and O–H groups in total. The molecule has 0 aliphatic carbocycles. The van der Waals surface area contributed by atoms with Crippen LogP contribution in [0, 0.1) is 6.92 Å². The Bertz CT molecular complexity index is 1490. The number of thiophene rings is 1. The van der Waals surface area contributed by atoms with Gasteiger partial charge in [-0.15, -0.1) is 11.3 Å². The normalized spacial score (nSPS) is 11.8. The second-order valence-electron chi connectivity index (χ2n) is 8.30. The third kappa shape index (κ3) is 5.11. The van der Waals surface area contributed by atoms with Crippen molar-refractivity contribution in [3.8, 4) is 0 Å². The number of nitrogens with zero attached hydrogens (tertiary/aromatic N) is 2. The number of fused-ring (bicyclic) bond motifs is 1. The minimum atomic E-state index is -0.810. The first-order chi connectivity index (χ1) is 17.3. The van der Waals surface area contributed by atoms with E-state index in [4.69, 9.17) is 4.74 Å². The van der Waals surface area contributed by atoms with Crippen molar-refractivity contribution in [1.82, 2.24) is 9.55 Å². The van der Waals surface area contributed by atoms with E-state index in [0.29, 0.717) is 38.3 Å². The zero-order valence-electron chi connectivity index (χ0n) is 20.1. The van der Waals surface area contributed by atoms with Gasteiger partial charge in [-0.3, -0.25) is 19.0 Å². The molecule has 184 valence electrons. The average Bonchev–Trinajstić information content (AvgIpc) is 3.22. The number of ether oxygens (including phenoxy) is 1. The van der Waals surface area contributed by atoms with Crippen molar-refractivity contribution >= 4 is 44.9 Å². The highest BCUT2D eigenvalue weighted by Crippen LogP contribution is 2.28. The van der Waals surface area contributed by atoms with Crippen LogP contribution in [-0.4, -0.2) is 27.2 Å². The molecule has 1 amide bonds. The van der Waals surface area contributed by atoms with Crippen molar-refractivity contribution in [2.75, 3.05) is 5.32 Å². The summed E-state index contributed by atoms with van der Waals surface area (Å²) in [6.07, 6.45) is 1.69. The van der Waals surface area contributed by atoms with Crippen molar-refractivity contribution in [2.45, 2.75) is 39.8 Å². The van der Waals surface area contributed by atoms with E-state index in [2.05, 4.69) is 10.3 Å². The number of benzene rings is 2. The predicted molar refractivity (Wildman–Crippen MR) is 139 cm³/mol. The van der Waals surface area contributed by atoms with E-state index in [1.54, 1.807) is 38.1 Å². The minimum absolute atomic E-state index is 0.0697. The number of aromatic nitrogens is 2. The summed E-state index contributed by atoms with van der Waals surface area (Å²) in [5.41, 5.74) is 2.00. The molecular weight excluding hydrogens is 478 g/mol. The summed E-state index contributed by atoms with van der Waals surface area (Å²) < 4.78 is 6.73. The van der Waals surface area contributed by atoms with Gasteiger partial charge in [-0.1, -0.05) is 37.3 Å². The lowest BCUT2D eigenvalue weighted by Crippen LogP contribution is -2.33. The van der Waals surface area contributed by atoms with Crippen LogP contribution in [0.4, 0.5) is 5.69 Å². The molecule has 1 unspecified atom stereocenters. The Hall–Kier alpha value is -4.11. The highest BCUT2D eigenvalue weighted by atomic mass is 32.1. The molecule has 0 radical (unpaired) electrons. The summed E-state index contributed by atoms with van der Waals surface area (Å²) in [4.78, 5) is 55.7. The number of hydrogen-bond donors (Lipinski definition) is 1.